The Labute approximate surface area is 105 Å². The van der Waals surface area contributed by atoms with Crippen LogP contribution in [0.3, 0.4) is 0 Å². The molecule has 0 aromatic heterocycles. The van der Waals surface area contributed by atoms with Gasteiger partial charge in [0.15, 0.2) is 0 Å². The first-order valence-corrected chi connectivity index (χ1v) is 5.55. The van der Waals surface area contributed by atoms with E-state index in [2.05, 4.69) is 5.32 Å². The number of benzene rings is 1. The predicted molar refractivity (Wildman–Crippen MR) is 65.3 cm³/mol. The Bertz CT molecular complexity index is 362. The fraction of sp³-hybridized carbons (Fsp3) is 0.364. The van der Waals surface area contributed by atoms with Crippen molar-refractivity contribution in [1.82, 2.24) is 5.32 Å². The molecule has 0 unspecified atom stereocenters. The van der Waals surface area contributed by atoms with Crippen LogP contribution in [0, 0.1) is 0 Å². The Hall–Kier alpha value is -0.770. The minimum atomic E-state index is -0.292. The quantitative estimate of drug-likeness (QED) is 0.906. The molecule has 0 aliphatic carbocycles. The van der Waals surface area contributed by atoms with Gasteiger partial charge in [0, 0.05) is 13.2 Å². The van der Waals surface area contributed by atoms with E-state index in [4.69, 9.17) is 27.9 Å². The van der Waals surface area contributed by atoms with Crippen LogP contribution in [-0.2, 0) is 4.74 Å². The van der Waals surface area contributed by atoms with Crippen LogP contribution in [0.15, 0.2) is 18.2 Å². The van der Waals surface area contributed by atoms with E-state index in [1.807, 2.05) is 6.92 Å². The molecule has 5 heteroatoms. The number of amides is 1. The molecule has 1 amide bonds. The lowest BCUT2D eigenvalue weighted by Crippen LogP contribution is -2.35. The highest BCUT2D eigenvalue weighted by atomic mass is 35.5. The van der Waals surface area contributed by atoms with Crippen molar-refractivity contribution >= 4 is 29.1 Å². The summed E-state index contributed by atoms with van der Waals surface area (Å²) < 4.78 is 4.92. The molecule has 0 saturated heterocycles. The van der Waals surface area contributed by atoms with Gasteiger partial charge in [-0.25, -0.2) is 0 Å². The zero-order chi connectivity index (χ0) is 12.1. The molecule has 1 N–H and O–H groups in total. The SMILES string of the molecule is COC[C@@H](C)NC(=O)c1c(Cl)cccc1Cl. The molecular weight excluding hydrogens is 249 g/mol. The molecule has 1 aromatic rings. The molecule has 1 aromatic carbocycles. The highest BCUT2D eigenvalue weighted by Gasteiger charge is 2.16. The standard InChI is InChI=1S/C11H13Cl2NO2/c1-7(6-16-2)14-11(15)10-8(12)4-3-5-9(10)13/h3-5,7H,6H2,1-2H3,(H,14,15)/t7-/m1/s1. The summed E-state index contributed by atoms with van der Waals surface area (Å²) in [6, 6.07) is 4.86. The summed E-state index contributed by atoms with van der Waals surface area (Å²) in [6.45, 7) is 2.28. The van der Waals surface area contributed by atoms with Crippen molar-refractivity contribution < 1.29 is 9.53 Å². The fourth-order valence-corrected chi connectivity index (χ4v) is 1.87. The molecule has 0 aliphatic rings. The minimum absolute atomic E-state index is 0.0927. The van der Waals surface area contributed by atoms with Gasteiger partial charge in [0.1, 0.15) is 0 Å². The van der Waals surface area contributed by atoms with E-state index in [1.54, 1.807) is 25.3 Å². The molecule has 1 atom stereocenters. The number of halogens is 2. The summed E-state index contributed by atoms with van der Waals surface area (Å²) in [6.07, 6.45) is 0. The third-order valence-corrected chi connectivity index (χ3v) is 2.61. The van der Waals surface area contributed by atoms with Crippen molar-refractivity contribution in [2.24, 2.45) is 0 Å². The van der Waals surface area contributed by atoms with Crippen molar-refractivity contribution in [3.05, 3.63) is 33.8 Å². The second-order valence-electron chi connectivity index (χ2n) is 3.43. The number of methoxy groups -OCH3 is 1. The number of rotatable bonds is 4. The van der Waals surface area contributed by atoms with Crippen LogP contribution in [0.5, 0.6) is 0 Å². The van der Waals surface area contributed by atoms with Crippen molar-refractivity contribution in [2.45, 2.75) is 13.0 Å². The monoisotopic (exact) mass is 261 g/mol. The van der Waals surface area contributed by atoms with E-state index in [9.17, 15) is 4.79 Å². The average Bonchev–Trinajstić information content (AvgIpc) is 2.17. The number of carbonyl (C=O) groups excluding carboxylic acids is 1. The van der Waals surface area contributed by atoms with E-state index in [-0.39, 0.29) is 11.9 Å². The maximum atomic E-state index is 11.8. The highest BCUT2D eigenvalue weighted by Crippen LogP contribution is 2.23. The third-order valence-electron chi connectivity index (χ3n) is 1.98. The molecule has 0 bridgehead atoms. The van der Waals surface area contributed by atoms with Crippen LogP contribution in [-0.4, -0.2) is 25.7 Å². The van der Waals surface area contributed by atoms with Gasteiger partial charge in [0.25, 0.3) is 5.91 Å². The Morgan fingerprint density at radius 2 is 2.00 bits per heavy atom. The predicted octanol–water partition coefficient (Wildman–Crippen LogP) is 2.76. The van der Waals surface area contributed by atoms with Gasteiger partial charge in [0.05, 0.1) is 22.2 Å². The van der Waals surface area contributed by atoms with Gasteiger partial charge in [-0.1, -0.05) is 29.3 Å². The van der Waals surface area contributed by atoms with Crippen LogP contribution >= 0.6 is 23.2 Å². The Kier molecular flexibility index (Phi) is 5.06. The largest absolute Gasteiger partial charge is 0.383 e. The lowest BCUT2D eigenvalue weighted by atomic mass is 10.2. The lowest BCUT2D eigenvalue weighted by Gasteiger charge is -2.14. The van der Waals surface area contributed by atoms with E-state index >= 15 is 0 Å². The molecule has 0 radical (unpaired) electrons. The molecule has 16 heavy (non-hydrogen) atoms. The molecule has 3 nitrogen and oxygen atoms in total. The summed E-state index contributed by atoms with van der Waals surface area (Å²) >= 11 is 11.8. The number of ether oxygens (including phenoxy) is 1. The second kappa shape index (κ2) is 6.09. The van der Waals surface area contributed by atoms with Crippen molar-refractivity contribution in [2.75, 3.05) is 13.7 Å². The van der Waals surface area contributed by atoms with Crippen LogP contribution in [0.1, 0.15) is 17.3 Å². The van der Waals surface area contributed by atoms with Crippen LogP contribution in [0.2, 0.25) is 10.0 Å². The number of hydrogen-bond donors (Lipinski definition) is 1. The average molecular weight is 262 g/mol. The maximum Gasteiger partial charge on any atom is 0.254 e. The molecule has 0 aliphatic heterocycles. The van der Waals surface area contributed by atoms with Crippen LogP contribution in [0.4, 0.5) is 0 Å². The first-order valence-electron chi connectivity index (χ1n) is 4.80. The number of carbonyl (C=O) groups is 1. The summed E-state index contributed by atoms with van der Waals surface area (Å²) in [5.74, 6) is -0.292. The topological polar surface area (TPSA) is 38.3 Å². The zero-order valence-electron chi connectivity index (χ0n) is 9.09. The number of hydrogen-bond acceptors (Lipinski definition) is 2. The highest BCUT2D eigenvalue weighted by molar-refractivity contribution is 6.39. The molecular formula is C11H13Cl2NO2. The van der Waals surface area contributed by atoms with Gasteiger partial charge < -0.3 is 10.1 Å². The van der Waals surface area contributed by atoms with Gasteiger partial charge in [-0.3, -0.25) is 4.79 Å². The second-order valence-corrected chi connectivity index (χ2v) is 4.24. The van der Waals surface area contributed by atoms with Crippen molar-refractivity contribution in [1.29, 1.82) is 0 Å². The fourth-order valence-electron chi connectivity index (χ4n) is 1.30. The Morgan fingerprint density at radius 3 is 2.50 bits per heavy atom. The first-order chi connectivity index (χ1) is 7.56. The van der Waals surface area contributed by atoms with E-state index in [1.165, 1.54) is 0 Å². The van der Waals surface area contributed by atoms with E-state index < -0.39 is 0 Å². The van der Waals surface area contributed by atoms with E-state index in [0.29, 0.717) is 22.2 Å². The summed E-state index contributed by atoms with van der Waals surface area (Å²) in [7, 11) is 1.57. The summed E-state index contributed by atoms with van der Waals surface area (Å²) in [5, 5.41) is 3.43. The van der Waals surface area contributed by atoms with Crippen molar-refractivity contribution in [3.8, 4) is 0 Å². The van der Waals surface area contributed by atoms with E-state index in [0.717, 1.165) is 0 Å². The summed E-state index contributed by atoms with van der Waals surface area (Å²) in [4.78, 5) is 11.8. The van der Waals surface area contributed by atoms with Gasteiger partial charge in [-0.15, -0.1) is 0 Å². The normalized spacial score (nSPS) is 12.2. The van der Waals surface area contributed by atoms with Crippen LogP contribution < -0.4 is 5.32 Å². The first kappa shape index (κ1) is 13.3. The maximum absolute atomic E-state index is 11.8. The smallest absolute Gasteiger partial charge is 0.254 e. The molecule has 0 spiro atoms. The molecule has 0 fully saturated rings. The zero-order valence-corrected chi connectivity index (χ0v) is 10.6. The summed E-state index contributed by atoms with van der Waals surface area (Å²) in [5.41, 5.74) is 0.300. The van der Waals surface area contributed by atoms with Gasteiger partial charge >= 0.3 is 0 Å². The van der Waals surface area contributed by atoms with Crippen LogP contribution in [0.25, 0.3) is 0 Å². The third kappa shape index (κ3) is 3.37. The Morgan fingerprint density at radius 1 is 1.44 bits per heavy atom. The molecule has 0 heterocycles. The van der Waals surface area contributed by atoms with Crippen molar-refractivity contribution in [3.63, 3.8) is 0 Å². The minimum Gasteiger partial charge on any atom is -0.383 e. The number of nitrogens with one attached hydrogen (secondary N) is 1. The lowest BCUT2D eigenvalue weighted by molar-refractivity contribution is 0.0906. The molecule has 88 valence electrons. The van der Waals surface area contributed by atoms with Gasteiger partial charge in [-0.2, -0.15) is 0 Å². The molecule has 0 saturated carbocycles. The van der Waals surface area contributed by atoms with Gasteiger partial charge in [-0.05, 0) is 19.1 Å². The van der Waals surface area contributed by atoms with Gasteiger partial charge in [0.2, 0.25) is 0 Å². The molecule has 1 rings (SSSR count). The Balaban J connectivity index is 2.80.